The summed E-state index contributed by atoms with van der Waals surface area (Å²) in [5.74, 6) is 0.676. The molecule has 1 heterocycles. The molecule has 0 bridgehead atoms. The van der Waals surface area contributed by atoms with Gasteiger partial charge in [-0.2, -0.15) is 0 Å². The Hall–Kier alpha value is -0.880. The highest BCUT2D eigenvalue weighted by molar-refractivity contribution is 7.89. The van der Waals surface area contributed by atoms with E-state index in [0.29, 0.717) is 12.2 Å². The highest BCUT2D eigenvalue weighted by Crippen LogP contribution is 2.13. The second kappa shape index (κ2) is 4.55. The molecule has 0 aliphatic carbocycles. The molecule has 1 aromatic rings. The summed E-state index contributed by atoms with van der Waals surface area (Å²) in [6.07, 6.45) is 2.76. The number of aryl methyl sites for hydroxylation is 1. The van der Waals surface area contributed by atoms with Gasteiger partial charge in [-0.15, -0.1) is 0 Å². The normalized spacial score (nSPS) is 13.0. The quantitative estimate of drug-likeness (QED) is 0.824. The first kappa shape index (κ1) is 13.2. The average molecular weight is 245 g/mol. The third-order valence-corrected chi connectivity index (χ3v) is 4.13. The van der Waals surface area contributed by atoms with Crippen LogP contribution in [0.4, 0.5) is 0 Å². The summed E-state index contributed by atoms with van der Waals surface area (Å²) in [5.41, 5.74) is -0.448. The fourth-order valence-electron chi connectivity index (χ4n) is 1.15. The SMILES string of the molecule is CCc1ncc(S(=O)(=O)NC(C)(C)CC)[nH]1. The zero-order valence-electron chi connectivity index (χ0n) is 10.2. The van der Waals surface area contributed by atoms with Crippen molar-refractivity contribution in [3.63, 3.8) is 0 Å². The van der Waals surface area contributed by atoms with Crippen LogP contribution in [0.25, 0.3) is 0 Å². The summed E-state index contributed by atoms with van der Waals surface area (Å²) >= 11 is 0. The fourth-order valence-corrected chi connectivity index (χ4v) is 2.58. The maximum Gasteiger partial charge on any atom is 0.258 e. The van der Waals surface area contributed by atoms with Gasteiger partial charge in [-0.25, -0.2) is 18.1 Å². The van der Waals surface area contributed by atoms with Gasteiger partial charge in [0.2, 0.25) is 0 Å². The number of H-pyrrole nitrogens is 1. The molecule has 0 aromatic carbocycles. The molecule has 0 aliphatic rings. The van der Waals surface area contributed by atoms with Crippen LogP contribution in [0.2, 0.25) is 0 Å². The molecule has 0 saturated carbocycles. The molecule has 0 saturated heterocycles. The van der Waals surface area contributed by atoms with Gasteiger partial charge < -0.3 is 4.98 Å². The molecule has 6 heteroatoms. The smallest absolute Gasteiger partial charge is 0.258 e. The van der Waals surface area contributed by atoms with E-state index in [2.05, 4.69) is 14.7 Å². The van der Waals surface area contributed by atoms with Crippen LogP contribution in [-0.2, 0) is 16.4 Å². The van der Waals surface area contributed by atoms with Crippen molar-refractivity contribution in [2.45, 2.75) is 51.1 Å². The predicted octanol–water partition coefficient (Wildman–Crippen LogP) is 1.44. The van der Waals surface area contributed by atoms with Crippen LogP contribution in [0.5, 0.6) is 0 Å². The Morgan fingerprint density at radius 1 is 1.44 bits per heavy atom. The Morgan fingerprint density at radius 2 is 2.06 bits per heavy atom. The zero-order chi connectivity index (χ0) is 12.4. The Bertz CT molecular complexity index is 448. The Kier molecular flexibility index (Phi) is 3.75. The molecule has 2 N–H and O–H groups in total. The molecule has 0 radical (unpaired) electrons. The van der Waals surface area contributed by atoms with Gasteiger partial charge in [-0.1, -0.05) is 13.8 Å². The third-order valence-electron chi connectivity index (χ3n) is 2.52. The van der Waals surface area contributed by atoms with Gasteiger partial charge in [-0.3, -0.25) is 0 Å². The number of sulfonamides is 1. The van der Waals surface area contributed by atoms with E-state index in [9.17, 15) is 8.42 Å². The van der Waals surface area contributed by atoms with Crippen LogP contribution in [0.15, 0.2) is 11.2 Å². The topological polar surface area (TPSA) is 74.8 Å². The number of hydrogen-bond donors (Lipinski definition) is 2. The monoisotopic (exact) mass is 245 g/mol. The fraction of sp³-hybridized carbons (Fsp3) is 0.700. The van der Waals surface area contributed by atoms with Crippen molar-refractivity contribution in [1.29, 1.82) is 0 Å². The van der Waals surface area contributed by atoms with Crippen LogP contribution in [0.1, 0.15) is 39.9 Å². The van der Waals surface area contributed by atoms with E-state index in [4.69, 9.17) is 0 Å². The van der Waals surface area contributed by atoms with Gasteiger partial charge in [0.05, 0.1) is 6.20 Å². The Labute approximate surface area is 96.7 Å². The van der Waals surface area contributed by atoms with Crippen LogP contribution < -0.4 is 4.72 Å². The average Bonchev–Trinajstić information content (AvgIpc) is 2.65. The molecule has 0 aliphatic heterocycles. The molecule has 16 heavy (non-hydrogen) atoms. The molecule has 0 atom stereocenters. The number of hydrogen-bond acceptors (Lipinski definition) is 3. The van der Waals surface area contributed by atoms with Crippen molar-refractivity contribution in [3.8, 4) is 0 Å². The minimum atomic E-state index is -3.49. The van der Waals surface area contributed by atoms with Crippen molar-refractivity contribution in [2.75, 3.05) is 0 Å². The molecule has 92 valence electrons. The van der Waals surface area contributed by atoms with E-state index in [0.717, 1.165) is 6.42 Å². The van der Waals surface area contributed by atoms with Crippen LogP contribution in [-0.4, -0.2) is 23.9 Å². The van der Waals surface area contributed by atoms with Crippen LogP contribution >= 0.6 is 0 Å². The van der Waals surface area contributed by atoms with Crippen LogP contribution in [0.3, 0.4) is 0 Å². The number of imidazole rings is 1. The minimum Gasteiger partial charge on any atom is -0.332 e. The lowest BCUT2D eigenvalue weighted by Crippen LogP contribution is -2.42. The van der Waals surface area contributed by atoms with Crippen molar-refractivity contribution in [1.82, 2.24) is 14.7 Å². The molecular weight excluding hydrogens is 226 g/mol. The molecule has 0 unspecified atom stereocenters. The number of nitrogens with zero attached hydrogens (tertiary/aromatic N) is 1. The summed E-state index contributed by atoms with van der Waals surface area (Å²) < 4.78 is 26.5. The van der Waals surface area contributed by atoms with E-state index >= 15 is 0 Å². The zero-order valence-corrected chi connectivity index (χ0v) is 11.0. The lowest BCUT2D eigenvalue weighted by molar-refractivity contribution is 0.438. The first-order chi connectivity index (χ1) is 7.30. The van der Waals surface area contributed by atoms with E-state index < -0.39 is 15.6 Å². The van der Waals surface area contributed by atoms with E-state index in [1.54, 1.807) is 0 Å². The van der Waals surface area contributed by atoms with Crippen molar-refractivity contribution in [3.05, 3.63) is 12.0 Å². The first-order valence-electron chi connectivity index (χ1n) is 5.38. The molecule has 1 rings (SSSR count). The van der Waals surface area contributed by atoms with E-state index in [-0.39, 0.29) is 5.03 Å². The molecule has 5 nitrogen and oxygen atoms in total. The van der Waals surface area contributed by atoms with E-state index in [1.807, 2.05) is 27.7 Å². The number of aromatic nitrogens is 2. The summed E-state index contributed by atoms with van der Waals surface area (Å²) in [4.78, 5) is 6.77. The second-order valence-electron chi connectivity index (χ2n) is 4.39. The molecular formula is C10H19N3O2S. The van der Waals surface area contributed by atoms with Gasteiger partial charge in [0.15, 0.2) is 5.03 Å². The Morgan fingerprint density at radius 3 is 2.50 bits per heavy atom. The lowest BCUT2D eigenvalue weighted by Gasteiger charge is -2.23. The van der Waals surface area contributed by atoms with Gasteiger partial charge in [0.25, 0.3) is 10.0 Å². The van der Waals surface area contributed by atoms with E-state index in [1.165, 1.54) is 6.20 Å². The summed E-state index contributed by atoms with van der Waals surface area (Å²) in [6.45, 7) is 7.55. The van der Waals surface area contributed by atoms with Gasteiger partial charge >= 0.3 is 0 Å². The molecule has 0 amide bonds. The Balaban J connectivity index is 2.94. The van der Waals surface area contributed by atoms with Gasteiger partial charge in [-0.05, 0) is 20.3 Å². The maximum atomic E-state index is 12.0. The van der Waals surface area contributed by atoms with Crippen molar-refractivity contribution in [2.24, 2.45) is 0 Å². The number of aromatic amines is 1. The molecule has 0 fully saturated rings. The summed E-state index contributed by atoms with van der Waals surface area (Å²) in [5, 5.41) is 0.130. The first-order valence-corrected chi connectivity index (χ1v) is 6.87. The molecule has 1 aromatic heterocycles. The highest BCUT2D eigenvalue weighted by Gasteiger charge is 2.25. The summed E-state index contributed by atoms with van der Waals surface area (Å²) in [7, 11) is -3.49. The van der Waals surface area contributed by atoms with Crippen LogP contribution in [0, 0.1) is 0 Å². The number of rotatable bonds is 5. The molecule has 0 spiro atoms. The standard InChI is InChI=1S/C10H19N3O2S/c1-5-8-11-7-9(12-8)16(14,15)13-10(3,4)6-2/h7,13H,5-6H2,1-4H3,(H,11,12). The van der Waals surface area contributed by atoms with Crippen molar-refractivity contribution >= 4 is 10.0 Å². The predicted molar refractivity (Wildman–Crippen MR) is 62.7 cm³/mol. The number of nitrogens with one attached hydrogen (secondary N) is 2. The minimum absolute atomic E-state index is 0.130. The third kappa shape index (κ3) is 3.05. The van der Waals surface area contributed by atoms with Gasteiger partial charge in [0, 0.05) is 12.0 Å². The summed E-state index contributed by atoms with van der Waals surface area (Å²) in [6, 6.07) is 0. The second-order valence-corrected chi connectivity index (χ2v) is 6.04. The maximum absolute atomic E-state index is 12.0. The van der Waals surface area contributed by atoms with Gasteiger partial charge in [0.1, 0.15) is 5.82 Å². The highest BCUT2D eigenvalue weighted by atomic mass is 32.2. The lowest BCUT2D eigenvalue weighted by atomic mass is 10.0. The van der Waals surface area contributed by atoms with Crippen molar-refractivity contribution < 1.29 is 8.42 Å². The largest absolute Gasteiger partial charge is 0.332 e.